The van der Waals surface area contributed by atoms with Crippen LogP contribution < -0.4 is 0 Å². The third-order valence-electron chi connectivity index (χ3n) is 2.19. The lowest BCUT2D eigenvalue weighted by Gasteiger charge is -2.22. The molecule has 0 bridgehead atoms. The van der Waals surface area contributed by atoms with Crippen molar-refractivity contribution in [3.8, 4) is 0 Å². The molecule has 0 aliphatic carbocycles. The van der Waals surface area contributed by atoms with Crippen LogP contribution in [0.25, 0.3) is 0 Å². The fraction of sp³-hybridized carbons (Fsp3) is 0.727. The Balaban J connectivity index is 2.59. The van der Waals surface area contributed by atoms with Crippen LogP contribution in [0.4, 0.5) is 0 Å². The summed E-state index contributed by atoms with van der Waals surface area (Å²) < 4.78 is 5.19. The van der Waals surface area contributed by atoms with Crippen LogP contribution in [0.2, 0.25) is 0 Å². The summed E-state index contributed by atoms with van der Waals surface area (Å²) in [5, 5.41) is 3.72. The van der Waals surface area contributed by atoms with Crippen molar-refractivity contribution in [1.82, 2.24) is 0 Å². The van der Waals surface area contributed by atoms with Gasteiger partial charge in [0, 0.05) is 12.3 Å². The van der Waals surface area contributed by atoms with Crippen molar-refractivity contribution in [2.75, 3.05) is 0 Å². The molecule has 0 fully saturated rings. The zero-order valence-electron chi connectivity index (χ0n) is 10.0. The minimum absolute atomic E-state index is 0.195. The van der Waals surface area contributed by atoms with E-state index in [4.69, 9.17) is 9.57 Å². The smallest absolute Gasteiger partial charge is 0.351 e. The Kier molecular flexibility index (Phi) is 3.67. The van der Waals surface area contributed by atoms with E-state index >= 15 is 0 Å². The van der Waals surface area contributed by atoms with E-state index in [1.54, 1.807) is 27.7 Å². The summed E-state index contributed by atoms with van der Waals surface area (Å²) in [7, 11) is 0. The van der Waals surface area contributed by atoms with Crippen LogP contribution >= 0.6 is 0 Å². The predicted molar refractivity (Wildman–Crippen MR) is 58.0 cm³/mol. The van der Waals surface area contributed by atoms with Crippen molar-refractivity contribution >= 4 is 18.0 Å². The van der Waals surface area contributed by atoms with Gasteiger partial charge in [0.25, 0.3) is 0 Å². The minimum atomic E-state index is -0.728. The molecule has 0 aromatic rings. The van der Waals surface area contributed by atoms with Crippen LogP contribution in [-0.4, -0.2) is 29.7 Å². The molecule has 90 valence electrons. The third kappa shape index (κ3) is 3.05. The molecular formula is C11H17NO4. The van der Waals surface area contributed by atoms with Gasteiger partial charge in [-0.2, -0.15) is 0 Å². The highest BCUT2D eigenvalue weighted by molar-refractivity contribution is 5.99. The first kappa shape index (κ1) is 12.7. The lowest BCUT2D eigenvalue weighted by atomic mass is 9.98. The Bertz CT molecular complexity index is 316. The monoisotopic (exact) mass is 227 g/mol. The SMILES string of the molecule is CC1C(CC=O)=NOC1C(=O)OC(C)(C)C. The van der Waals surface area contributed by atoms with Crippen LogP contribution in [0.1, 0.15) is 34.1 Å². The van der Waals surface area contributed by atoms with E-state index in [1.807, 2.05) is 0 Å². The molecule has 5 nitrogen and oxygen atoms in total. The van der Waals surface area contributed by atoms with Crippen LogP contribution in [-0.2, 0) is 19.2 Å². The van der Waals surface area contributed by atoms with Gasteiger partial charge in [0.15, 0.2) is 0 Å². The number of esters is 1. The molecule has 0 saturated carbocycles. The number of rotatable bonds is 3. The van der Waals surface area contributed by atoms with Crippen molar-refractivity contribution < 1.29 is 19.2 Å². The number of hydrogen-bond acceptors (Lipinski definition) is 5. The van der Waals surface area contributed by atoms with E-state index in [-0.39, 0.29) is 12.3 Å². The summed E-state index contributed by atoms with van der Waals surface area (Å²) in [5.41, 5.74) is 0.0407. The van der Waals surface area contributed by atoms with E-state index in [1.165, 1.54) is 0 Å². The van der Waals surface area contributed by atoms with E-state index in [9.17, 15) is 9.59 Å². The maximum atomic E-state index is 11.7. The number of aldehydes is 1. The molecule has 2 atom stereocenters. The highest BCUT2D eigenvalue weighted by atomic mass is 16.7. The molecule has 16 heavy (non-hydrogen) atoms. The number of oxime groups is 1. The molecule has 0 saturated heterocycles. The predicted octanol–water partition coefficient (Wildman–Crippen LogP) is 1.31. The average Bonchev–Trinajstić information content (AvgIpc) is 2.46. The fourth-order valence-electron chi connectivity index (χ4n) is 1.39. The summed E-state index contributed by atoms with van der Waals surface area (Å²) in [5.74, 6) is -0.648. The topological polar surface area (TPSA) is 65.0 Å². The number of nitrogens with zero attached hydrogens (tertiary/aromatic N) is 1. The maximum absolute atomic E-state index is 11.7. The van der Waals surface area contributed by atoms with Gasteiger partial charge in [-0.1, -0.05) is 12.1 Å². The highest BCUT2D eigenvalue weighted by Gasteiger charge is 2.38. The highest BCUT2D eigenvalue weighted by Crippen LogP contribution is 2.22. The molecule has 0 spiro atoms. The van der Waals surface area contributed by atoms with Gasteiger partial charge in [-0.05, 0) is 20.8 Å². The summed E-state index contributed by atoms with van der Waals surface area (Å²) in [4.78, 5) is 27.1. The lowest BCUT2D eigenvalue weighted by Crippen LogP contribution is -2.36. The van der Waals surface area contributed by atoms with Crippen LogP contribution in [0, 0.1) is 5.92 Å². The van der Waals surface area contributed by atoms with Crippen molar-refractivity contribution in [2.45, 2.75) is 45.8 Å². The molecule has 0 aromatic heterocycles. The molecule has 1 aliphatic heterocycles. The average molecular weight is 227 g/mol. The fourth-order valence-corrected chi connectivity index (χ4v) is 1.39. The molecule has 2 unspecified atom stereocenters. The van der Waals surface area contributed by atoms with Crippen LogP contribution in [0.3, 0.4) is 0 Å². The van der Waals surface area contributed by atoms with Crippen molar-refractivity contribution in [3.05, 3.63) is 0 Å². The molecular weight excluding hydrogens is 210 g/mol. The van der Waals surface area contributed by atoms with Crippen molar-refractivity contribution in [3.63, 3.8) is 0 Å². The van der Waals surface area contributed by atoms with Gasteiger partial charge in [-0.25, -0.2) is 4.79 Å². The van der Waals surface area contributed by atoms with Gasteiger partial charge in [0.1, 0.15) is 11.9 Å². The molecule has 1 aliphatic rings. The van der Waals surface area contributed by atoms with Crippen molar-refractivity contribution in [1.29, 1.82) is 0 Å². The molecule has 0 radical (unpaired) electrons. The first-order valence-electron chi connectivity index (χ1n) is 5.24. The van der Waals surface area contributed by atoms with E-state index in [0.717, 1.165) is 6.29 Å². The van der Waals surface area contributed by atoms with E-state index in [2.05, 4.69) is 5.16 Å². The minimum Gasteiger partial charge on any atom is -0.457 e. The lowest BCUT2D eigenvalue weighted by molar-refractivity contribution is -0.168. The molecule has 1 rings (SSSR count). The van der Waals surface area contributed by atoms with Gasteiger partial charge in [0.2, 0.25) is 6.10 Å². The molecule has 0 aromatic carbocycles. The Morgan fingerprint density at radius 1 is 1.56 bits per heavy atom. The Morgan fingerprint density at radius 3 is 2.69 bits per heavy atom. The Hall–Kier alpha value is -1.39. The normalized spacial score (nSPS) is 24.6. The third-order valence-corrected chi connectivity index (χ3v) is 2.19. The summed E-state index contributed by atoms with van der Waals surface area (Å²) in [6.07, 6.45) is 0.213. The molecule has 1 heterocycles. The Morgan fingerprint density at radius 2 is 2.19 bits per heavy atom. The molecule has 5 heteroatoms. The van der Waals surface area contributed by atoms with Gasteiger partial charge < -0.3 is 14.4 Å². The molecule has 0 N–H and O–H groups in total. The second-order valence-electron chi connectivity index (χ2n) is 4.80. The quantitative estimate of drug-likeness (QED) is 0.538. The summed E-state index contributed by atoms with van der Waals surface area (Å²) in [6.45, 7) is 7.16. The second kappa shape index (κ2) is 4.63. The maximum Gasteiger partial charge on any atom is 0.351 e. The van der Waals surface area contributed by atoms with E-state index in [0.29, 0.717) is 5.71 Å². The van der Waals surface area contributed by atoms with Gasteiger partial charge in [-0.15, -0.1) is 0 Å². The molecule has 0 amide bonds. The van der Waals surface area contributed by atoms with Crippen LogP contribution in [0.15, 0.2) is 5.16 Å². The van der Waals surface area contributed by atoms with Gasteiger partial charge in [-0.3, -0.25) is 0 Å². The van der Waals surface area contributed by atoms with Crippen LogP contribution in [0.5, 0.6) is 0 Å². The first-order chi connectivity index (χ1) is 7.35. The summed E-state index contributed by atoms with van der Waals surface area (Å²) >= 11 is 0. The number of carbonyl (C=O) groups excluding carboxylic acids is 2. The number of carbonyl (C=O) groups is 2. The number of ether oxygens (including phenoxy) is 1. The largest absolute Gasteiger partial charge is 0.457 e. The first-order valence-corrected chi connectivity index (χ1v) is 5.24. The number of hydrogen-bond donors (Lipinski definition) is 0. The zero-order valence-corrected chi connectivity index (χ0v) is 10.0. The Labute approximate surface area is 94.8 Å². The van der Waals surface area contributed by atoms with E-state index < -0.39 is 17.7 Å². The standard InChI is InChI=1S/C11H17NO4/c1-7-8(5-6-13)12-16-9(7)10(14)15-11(2,3)4/h6-7,9H,5H2,1-4H3. The zero-order chi connectivity index (χ0) is 12.3. The van der Waals surface area contributed by atoms with Crippen molar-refractivity contribution in [2.24, 2.45) is 11.1 Å². The van der Waals surface area contributed by atoms with Gasteiger partial charge >= 0.3 is 5.97 Å². The van der Waals surface area contributed by atoms with Gasteiger partial charge in [0.05, 0.1) is 5.71 Å². The summed E-state index contributed by atoms with van der Waals surface area (Å²) in [6, 6.07) is 0. The second-order valence-corrected chi connectivity index (χ2v) is 4.80.